The van der Waals surface area contributed by atoms with Crippen LogP contribution in [0.1, 0.15) is 122 Å². The second-order valence-electron chi connectivity index (χ2n) is 19.4. The lowest BCUT2D eigenvalue weighted by Crippen LogP contribution is -2.61. The van der Waals surface area contributed by atoms with E-state index in [2.05, 4.69) is 16.3 Å². The van der Waals surface area contributed by atoms with Gasteiger partial charge in [0, 0.05) is 58.0 Å². The van der Waals surface area contributed by atoms with E-state index in [0.717, 1.165) is 13.1 Å². The van der Waals surface area contributed by atoms with Gasteiger partial charge in [-0.2, -0.15) is 5.26 Å². The quantitative estimate of drug-likeness (QED) is 0.163. The molecule has 3 fully saturated rings. The molecule has 0 bridgehead atoms. The Balaban J connectivity index is 2.18. The zero-order chi connectivity index (χ0) is 49.2. The number of nitriles is 1. The SMILES string of the molecule is CC[C@H]1OC(=O)[C@H](C)[C@@H](O[C@H]2C[C@@](C)(OC)[C@@H](OC(=O)CCN(CC)CC)[C@H](C)O2)[C@H](C)[C@@H](O[C@@H]2O[C@H](C)C[C@H](N(C)CCC#N)[C@H]2O)[C@](C)(OC)C[C@@H](C)C(=O)N[C@H](C)[C@H](O)C1(C)O. The molecule has 18 nitrogen and oxygen atoms in total. The molecule has 0 aliphatic carbocycles. The van der Waals surface area contributed by atoms with E-state index < -0.39 is 120 Å². The fourth-order valence-corrected chi connectivity index (χ4v) is 9.93. The van der Waals surface area contributed by atoms with Crippen molar-refractivity contribution in [3.05, 3.63) is 0 Å². The van der Waals surface area contributed by atoms with E-state index in [1.807, 2.05) is 46.6 Å². The Morgan fingerprint density at radius 1 is 0.923 bits per heavy atom. The zero-order valence-corrected chi connectivity index (χ0v) is 41.9. The minimum Gasteiger partial charge on any atom is -0.459 e. The summed E-state index contributed by atoms with van der Waals surface area (Å²) < 4.78 is 51.2. The molecule has 3 saturated heterocycles. The van der Waals surface area contributed by atoms with Crippen LogP contribution in [0.25, 0.3) is 0 Å². The molecule has 18 heteroatoms. The van der Waals surface area contributed by atoms with E-state index in [1.54, 1.807) is 41.5 Å². The molecule has 0 aromatic carbocycles. The molecule has 4 N–H and O–H groups in total. The second-order valence-corrected chi connectivity index (χ2v) is 19.4. The largest absolute Gasteiger partial charge is 0.459 e. The van der Waals surface area contributed by atoms with Gasteiger partial charge in [0.1, 0.15) is 29.5 Å². The number of nitrogens with one attached hydrogen (secondary N) is 1. The third-order valence-electron chi connectivity index (χ3n) is 14.4. The standard InChI is InChI=1S/C47H84N4O14/c1-16-34-47(12,57)39(54)31(8)49-42(55)27(4)25-45(10,58-14)40(65-44-37(53)33(24-28(5)60-44)50(13)22-19-21-48)29(6)38(30(7)43(56)62-34)64-36-26-46(11,59-15)41(32(9)61-36)63-35(52)20-23-51(17-2)18-3/h27-34,36-41,44,53-54,57H,16-20,22-26H2,1-15H3,(H,49,55)/t27-,28-,29+,30-,31-,32+,33+,34-,36+,37-,38+,39+,40-,41+,44+,45-,46-,47?/m1/s1. The first-order chi connectivity index (χ1) is 30.4. The lowest BCUT2D eigenvalue weighted by Gasteiger charge is -2.50. The van der Waals surface area contributed by atoms with Crippen LogP contribution in [0, 0.1) is 29.1 Å². The van der Waals surface area contributed by atoms with Crippen LogP contribution in [0.5, 0.6) is 0 Å². The number of carbonyl (C=O) groups excluding carboxylic acids is 3. The molecule has 3 aliphatic heterocycles. The minimum absolute atomic E-state index is 0.0522. The molecule has 376 valence electrons. The van der Waals surface area contributed by atoms with Gasteiger partial charge in [-0.25, -0.2) is 0 Å². The molecule has 1 unspecified atom stereocenters. The maximum atomic E-state index is 14.5. The first-order valence-electron chi connectivity index (χ1n) is 23.7. The highest BCUT2D eigenvalue weighted by atomic mass is 16.7. The van der Waals surface area contributed by atoms with Gasteiger partial charge < -0.3 is 63.4 Å². The van der Waals surface area contributed by atoms with Crippen LogP contribution < -0.4 is 5.32 Å². The maximum absolute atomic E-state index is 14.5. The molecular formula is C47H84N4O14. The molecule has 0 radical (unpaired) electrons. The predicted molar refractivity (Wildman–Crippen MR) is 240 cm³/mol. The fourth-order valence-electron chi connectivity index (χ4n) is 9.93. The van der Waals surface area contributed by atoms with E-state index in [9.17, 15) is 35.0 Å². The molecular weight excluding hydrogens is 845 g/mol. The molecule has 0 aromatic rings. The topological polar surface area (TPSA) is 228 Å². The van der Waals surface area contributed by atoms with E-state index in [1.165, 1.54) is 21.1 Å². The lowest BCUT2D eigenvalue weighted by molar-refractivity contribution is -0.320. The fraction of sp³-hybridized carbons (Fsp3) is 0.915. The molecule has 3 aliphatic rings. The Morgan fingerprint density at radius 3 is 2.11 bits per heavy atom. The second kappa shape index (κ2) is 24.7. The van der Waals surface area contributed by atoms with Crippen LogP contribution in [0.4, 0.5) is 0 Å². The van der Waals surface area contributed by atoms with Gasteiger partial charge in [-0.3, -0.25) is 19.3 Å². The number of likely N-dealkylation sites (N-methyl/N-ethyl adjacent to an activating group) is 1. The summed E-state index contributed by atoms with van der Waals surface area (Å²) >= 11 is 0. The van der Waals surface area contributed by atoms with Crippen molar-refractivity contribution in [2.24, 2.45) is 17.8 Å². The molecule has 0 spiro atoms. The number of aliphatic hydroxyl groups is 3. The normalized spacial score (nSPS) is 41.5. The molecule has 3 rings (SSSR count). The number of aliphatic hydroxyl groups excluding tert-OH is 2. The summed E-state index contributed by atoms with van der Waals surface area (Å²) in [5.41, 5.74) is -4.42. The Hall–Kier alpha value is -2.54. The highest BCUT2D eigenvalue weighted by molar-refractivity contribution is 5.78. The number of hydrogen-bond donors (Lipinski definition) is 4. The summed E-state index contributed by atoms with van der Waals surface area (Å²) in [5, 5.41) is 47.3. The summed E-state index contributed by atoms with van der Waals surface area (Å²) in [6, 6.07) is 0.759. The highest BCUT2D eigenvalue weighted by Crippen LogP contribution is 2.41. The van der Waals surface area contributed by atoms with Crippen molar-refractivity contribution < 1.29 is 67.6 Å². The van der Waals surface area contributed by atoms with Gasteiger partial charge in [-0.15, -0.1) is 0 Å². The number of carbonyl (C=O) groups is 3. The first-order valence-corrected chi connectivity index (χ1v) is 23.7. The Kier molecular flexibility index (Phi) is 21.5. The van der Waals surface area contributed by atoms with Gasteiger partial charge in [-0.05, 0) is 87.9 Å². The number of rotatable bonds is 16. The summed E-state index contributed by atoms with van der Waals surface area (Å²) in [5.74, 6) is -4.25. The third kappa shape index (κ3) is 14.0. The molecule has 0 saturated carbocycles. The van der Waals surface area contributed by atoms with Crippen LogP contribution in [-0.2, 0) is 52.3 Å². The molecule has 1 amide bonds. The summed E-state index contributed by atoms with van der Waals surface area (Å²) in [6.07, 6.45) is -9.12. The van der Waals surface area contributed by atoms with Gasteiger partial charge in [0.25, 0.3) is 0 Å². The third-order valence-corrected chi connectivity index (χ3v) is 14.4. The van der Waals surface area contributed by atoms with E-state index in [-0.39, 0.29) is 38.2 Å². The molecule has 18 atom stereocenters. The van der Waals surface area contributed by atoms with Gasteiger partial charge in [0.15, 0.2) is 18.7 Å². The Morgan fingerprint density at radius 2 is 1.54 bits per heavy atom. The van der Waals surface area contributed by atoms with Crippen molar-refractivity contribution in [1.29, 1.82) is 5.26 Å². The number of ether oxygens (including phenoxy) is 8. The average molecular weight is 929 g/mol. The first kappa shape index (κ1) is 56.8. The Bertz CT molecular complexity index is 1560. The zero-order valence-electron chi connectivity index (χ0n) is 41.9. The number of cyclic esters (lactones) is 1. The molecule has 0 aromatic heterocycles. The number of amides is 1. The van der Waals surface area contributed by atoms with Crippen LogP contribution in [-0.4, -0.2) is 181 Å². The number of esters is 2. The van der Waals surface area contributed by atoms with Crippen molar-refractivity contribution in [1.82, 2.24) is 15.1 Å². The number of nitrogens with zero attached hydrogens (tertiary/aromatic N) is 3. The summed E-state index contributed by atoms with van der Waals surface area (Å²) in [7, 11) is 4.85. The van der Waals surface area contributed by atoms with Crippen LogP contribution in [0.3, 0.4) is 0 Å². The van der Waals surface area contributed by atoms with Gasteiger partial charge in [-0.1, -0.05) is 34.6 Å². The Labute approximate surface area is 388 Å². The van der Waals surface area contributed by atoms with Crippen LogP contribution in [0.2, 0.25) is 0 Å². The van der Waals surface area contributed by atoms with Crippen molar-refractivity contribution in [2.45, 2.75) is 212 Å². The van der Waals surface area contributed by atoms with E-state index in [4.69, 9.17) is 37.9 Å². The minimum atomic E-state index is -1.99. The average Bonchev–Trinajstić information content (AvgIpc) is 3.26. The predicted octanol–water partition coefficient (Wildman–Crippen LogP) is 3.31. The number of hydrogen-bond acceptors (Lipinski definition) is 17. The van der Waals surface area contributed by atoms with E-state index in [0.29, 0.717) is 19.5 Å². The number of methoxy groups -OCH3 is 2. The van der Waals surface area contributed by atoms with Gasteiger partial charge >= 0.3 is 11.9 Å². The van der Waals surface area contributed by atoms with Gasteiger partial charge in [0.2, 0.25) is 5.91 Å². The summed E-state index contributed by atoms with van der Waals surface area (Å²) in [4.78, 5) is 45.7. The van der Waals surface area contributed by atoms with Crippen LogP contribution in [0.15, 0.2) is 0 Å². The molecule has 3 heterocycles. The lowest BCUT2D eigenvalue weighted by atomic mass is 9.77. The van der Waals surface area contributed by atoms with Crippen LogP contribution >= 0.6 is 0 Å². The van der Waals surface area contributed by atoms with Crippen molar-refractivity contribution >= 4 is 17.8 Å². The van der Waals surface area contributed by atoms with Crippen molar-refractivity contribution in [3.8, 4) is 6.07 Å². The smallest absolute Gasteiger partial charge is 0.311 e. The van der Waals surface area contributed by atoms with Crippen molar-refractivity contribution in [2.75, 3.05) is 47.4 Å². The molecule has 65 heavy (non-hydrogen) atoms. The van der Waals surface area contributed by atoms with Gasteiger partial charge in [0.05, 0.1) is 54.5 Å². The monoisotopic (exact) mass is 929 g/mol. The van der Waals surface area contributed by atoms with E-state index >= 15 is 0 Å². The summed E-state index contributed by atoms with van der Waals surface area (Å²) in [6.45, 7) is 23.6. The maximum Gasteiger partial charge on any atom is 0.311 e. The highest BCUT2D eigenvalue weighted by Gasteiger charge is 2.54. The van der Waals surface area contributed by atoms with Crippen molar-refractivity contribution in [3.63, 3.8) is 0 Å².